The number of nitrogens with one attached hydrogen (secondary N) is 3. The van der Waals surface area contributed by atoms with Gasteiger partial charge >= 0.3 is 0 Å². The van der Waals surface area contributed by atoms with Crippen molar-refractivity contribution in [1.82, 2.24) is 15.3 Å². The van der Waals surface area contributed by atoms with E-state index in [1.165, 1.54) is 12.8 Å². The summed E-state index contributed by atoms with van der Waals surface area (Å²) in [5.74, 6) is 2.05. The summed E-state index contributed by atoms with van der Waals surface area (Å²) in [6, 6.07) is 2.18. The molecule has 2 fully saturated rings. The van der Waals surface area contributed by atoms with Crippen LogP contribution in [0.2, 0.25) is 0 Å². The lowest BCUT2D eigenvalue weighted by molar-refractivity contribution is 0.574. The highest BCUT2D eigenvalue weighted by Gasteiger charge is 2.26. The molecule has 2 heterocycles. The van der Waals surface area contributed by atoms with Crippen LogP contribution >= 0.6 is 0 Å². The van der Waals surface area contributed by atoms with Gasteiger partial charge in [-0.2, -0.15) is 0 Å². The molecule has 1 aromatic rings. The van der Waals surface area contributed by atoms with E-state index in [2.05, 4.69) is 20.6 Å². The van der Waals surface area contributed by atoms with Gasteiger partial charge in [-0.05, 0) is 38.6 Å². The van der Waals surface area contributed by atoms with Gasteiger partial charge in [-0.1, -0.05) is 0 Å². The van der Waals surface area contributed by atoms with Crippen LogP contribution in [-0.2, 0) is 0 Å². The first-order valence-electron chi connectivity index (χ1n) is 6.90. The number of hydrogen-bond donors (Lipinski definition) is 3. The summed E-state index contributed by atoms with van der Waals surface area (Å²) in [6.07, 6.45) is 5.93. The summed E-state index contributed by atoms with van der Waals surface area (Å²) >= 11 is 0. The van der Waals surface area contributed by atoms with E-state index >= 15 is 0 Å². The first kappa shape index (κ1) is 11.7. The smallest absolute Gasteiger partial charge is 0.252 e. The van der Waals surface area contributed by atoms with Crippen LogP contribution in [0.1, 0.15) is 43.8 Å². The second-order valence-electron chi connectivity index (χ2n) is 5.30. The second kappa shape index (κ2) is 5.10. The summed E-state index contributed by atoms with van der Waals surface area (Å²) in [7, 11) is 0. The van der Waals surface area contributed by atoms with Gasteiger partial charge in [-0.25, -0.2) is 4.98 Å². The van der Waals surface area contributed by atoms with Gasteiger partial charge in [0.2, 0.25) is 0 Å². The average Bonchev–Trinajstić information content (AvgIpc) is 3.08. The van der Waals surface area contributed by atoms with Gasteiger partial charge in [0.25, 0.3) is 5.56 Å². The number of aromatic nitrogens is 2. The molecule has 1 aliphatic heterocycles. The molecule has 0 unspecified atom stereocenters. The zero-order valence-corrected chi connectivity index (χ0v) is 10.5. The van der Waals surface area contributed by atoms with Gasteiger partial charge in [0, 0.05) is 24.6 Å². The Morgan fingerprint density at radius 3 is 3.00 bits per heavy atom. The van der Waals surface area contributed by atoms with Gasteiger partial charge in [-0.3, -0.25) is 4.79 Å². The Morgan fingerprint density at radius 2 is 2.28 bits per heavy atom. The minimum absolute atomic E-state index is 0.0478. The van der Waals surface area contributed by atoms with E-state index in [4.69, 9.17) is 0 Å². The van der Waals surface area contributed by atoms with Crippen LogP contribution in [0.4, 0.5) is 5.82 Å². The Labute approximate surface area is 106 Å². The molecular weight excluding hydrogens is 228 g/mol. The highest BCUT2D eigenvalue weighted by Crippen LogP contribution is 2.37. The van der Waals surface area contributed by atoms with Crippen molar-refractivity contribution in [1.29, 1.82) is 0 Å². The number of nitrogens with zero attached hydrogens (tertiary/aromatic N) is 1. The maximum atomic E-state index is 11.5. The van der Waals surface area contributed by atoms with E-state index in [0.717, 1.165) is 44.0 Å². The van der Waals surface area contributed by atoms with Crippen molar-refractivity contribution in [2.24, 2.45) is 0 Å². The van der Waals surface area contributed by atoms with Gasteiger partial charge in [0.15, 0.2) is 0 Å². The van der Waals surface area contributed by atoms with E-state index < -0.39 is 0 Å². The van der Waals surface area contributed by atoms with Crippen molar-refractivity contribution in [3.63, 3.8) is 0 Å². The van der Waals surface area contributed by atoms with E-state index in [1.807, 2.05) is 0 Å². The molecule has 1 aliphatic carbocycles. The fourth-order valence-electron chi connectivity index (χ4n) is 2.49. The molecule has 0 amide bonds. The molecule has 1 saturated carbocycles. The summed E-state index contributed by atoms with van der Waals surface area (Å²) in [5, 5.41) is 6.73. The molecule has 1 saturated heterocycles. The highest BCUT2D eigenvalue weighted by atomic mass is 16.1. The average molecular weight is 248 g/mol. The van der Waals surface area contributed by atoms with Crippen LogP contribution in [-0.4, -0.2) is 29.1 Å². The van der Waals surface area contributed by atoms with Gasteiger partial charge in [0.05, 0.1) is 0 Å². The Morgan fingerprint density at radius 1 is 1.39 bits per heavy atom. The normalized spacial score (nSPS) is 23.2. The van der Waals surface area contributed by atoms with Crippen molar-refractivity contribution in [2.45, 2.75) is 44.1 Å². The molecule has 1 atom stereocenters. The molecule has 0 bridgehead atoms. The maximum Gasteiger partial charge on any atom is 0.252 e. The van der Waals surface area contributed by atoms with Crippen molar-refractivity contribution in [2.75, 3.05) is 18.4 Å². The van der Waals surface area contributed by atoms with E-state index in [0.29, 0.717) is 12.0 Å². The van der Waals surface area contributed by atoms with Gasteiger partial charge in [0.1, 0.15) is 11.6 Å². The van der Waals surface area contributed by atoms with Crippen molar-refractivity contribution in [3.8, 4) is 0 Å². The third kappa shape index (κ3) is 2.90. The van der Waals surface area contributed by atoms with Gasteiger partial charge < -0.3 is 15.6 Å². The van der Waals surface area contributed by atoms with Crippen LogP contribution in [0.3, 0.4) is 0 Å². The standard InChI is InChI=1S/C13H20N4O/c18-12-8-11(16-13(17-12)9-3-4-9)15-7-5-10-2-1-6-14-10/h8-10,14H,1-7H2,(H2,15,16,17,18)/t10-/m1/s1. The number of H-pyrrole nitrogens is 1. The molecule has 3 N–H and O–H groups in total. The van der Waals surface area contributed by atoms with Crippen LogP contribution in [0.15, 0.2) is 10.9 Å². The van der Waals surface area contributed by atoms with Crippen LogP contribution < -0.4 is 16.2 Å². The molecule has 0 radical (unpaired) electrons. The second-order valence-corrected chi connectivity index (χ2v) is 5.30. The first-order chi connectivity index (χ1) is 8.81. The lowest BCUT2D eigenvalue weighted by Crippen LogP contribution is -2.24. The number of anilines is 1. The Bertz CT molecular complexity index is 460. The molecule has 5 nitrogen and oxygen atoms in total. The Hall–Kier alpha value is -1.36. The van der Waals surface area contributed by atoms with E-state index in [1.54, 1.807) is 6.07 Å². The zero-order chi connectivity index (χ0) is 12.4. The zero-order valence-electron chi connectivity index (χ0n) is 10.5. The van der Waals surface area contributed by atoms with Crippen molar-refractivity contribution >= 4 is 5.82 Å². The van der Waals surface area contributed by atoms with Crippen LogP contribution in [0.25, 0.3) is 0 Å². The summed E-state index contributed by atoms with van der Waals surface area (Å²) in [4.78, 5) is 18.8. The summed E-state index contributed by atoms with van der Waals surface area (Å²) in [6.45, 7) is 2.01. The number of rotatable bonds is 5. The summed E-state index contributed by atoms with van der Waals surface area (Å²) in [5.41, 5.74) is -0.0478. The molecule has 18 heavy (non-hydrogen) atoms. The largest absolute Gasteiger partial charge is 0.370 e. The molecule has 5 heteroatoms. The lowest BCUT2D eigenvalue weighted by Gasteiger charge is -2.11. The fraction of sp³-hybridized carbons (Fsp3) is 0.692. The molecule has 0 aromatic carbocycles. The quantitative estimate of drug-likeness (QED) is 0.732. The van der Waals surface area contributed by atoms with E-state index in [-0.39, 0.29) is 5.56 Å². The molecule has 3 rings (SSSR count). The monoisotopic (exact) mass is 248 g/mol. The Kier molecular flexibility index (Phi) is 3.32. The van der Waals surface area contributed by atoms with Crippen LogP contribution in [0.5, 0.6) is 0 Å². The van der Waals surface area contributed by atoms with Gasteiger partial charge in [-0.15, -0.1) is 0 Å². The molecule has 0 spiro atoms. The predicted molar refractivity (Wildman–Crippen MR) is 71.0 cm³/mol. The lowest BCUT2D eigenvalue weighted by atomic mass is 10.1. The number of hydrogen-bond acceptors (Lipinski definition) is 4. The van der Waals surface area contributed by atoms with Crippen molar-refractivity contribution in [3.05, 3.63) is 22.2 Å². The van der Waals surface area contributed by atoms with E-state index in [9.17, 15) is 4.79 Å². The third-order valence-electron chi connectivity index (χ3n) is 3.69. The minimum Gasteiger partial charge on any atom is -0.370 e. The fourth-order valence-corrected chi connectivity index (χ4v) is 2.49. The Balaban J connectivity index is 1.56. The third-order valence-corrected chi connectivity index (χ3v) is 3.69. The summed E-state index contributed by atoms with van der Waals surface area (Å²) < 4.78 is 0. The SMILES string of the molecule is O=c1cc(NCC[C@H]2CCCN2)nc(C2CC2)[nH]1. The maximum absolute atomic E-state index is 11.5. The molecule has 1 aromatic heterocycles. The topological polar surface area (TPSA) is 69.8 Å². The van der Waals surface area contributed by atoms with Crippen LogP contribution in [0, 0.1) is 0 Å². The molecular formula is C13H20N4O. The minimum atomic E-state index is -0.0478. The number of aromatic amines is 1. The highest BCUT2D eigenvalue weighted by molar-refractivity contribution is 5.33. The molecule has 98 valence electrons. The van der Waals surface area contributed by atoms with Crippen molar-refractivity contribution < 1.29 is 0 Å². The first-order valence-corrected chi connectivity index (χ1v) is 6.90. The molecule has 2 aliphatic rings. The predicted octanol–water partition coefficient (Wildman–Crippen LogP) is 1.20.